The fourth-order valence-electron chi connectivity index (χ4n) is 3.92. The lowest BCUT2D eigenvalue weighted by atomic mass is 10.0. The predicted molar refractivity (Wildman–Crippen MR) is 121 cm³/mol. The third-order valence-electron chi connectivity index (χ3n) is 5.48. The van der Waals surface area contributed by atoms with Gasteiger partial charge in [0.25, 0.3) is 5.91 Å². The van der Waals surface area contributed by atoms with Crippen LogP contribution in [0.15, 0.2) is 54.6 Å². The van der Waals surface area contributed by atoms with Gasteiger partial charge in [0.05, 0.1) is 0 Å². The van der Waals surface area contributed by atoms with Gasteiger partial charge >= 0.3 is 0 Å². The molecule has 160 valence electrons. The first kappa shape index (κ1) is 22.0. The van der Waals surface area contributed by atoms with E-state index in [4.69, 9.17) is 5.21 Å². The molecule has 0 unspecified atom stereocenters. The summed E-state index contributed by atoms with van der Waals surface area (Å²) in [5.41, 5.74) is 6.47. The van der Waals surface area contributed by atoms with Crippen LogP contribution >= 0.6 is 0 Å². The molecule has 1 saturated heterocycles. The van der Waals surface area contributed by atoms with Crippen LogP contribution in [0.4, 0.5) is 5.69 Å². The molecule has 0 aromatic heterocycles. The molecule has 1 aliphatic rings. The molecule has 1 fully saturated rings. The van der Waals surface area contributed by atoms with Gasteiger partial charge in [-0.25, -0.2) is 5.48 Å². The number of amides is 1. The molecule has 30 heavy (non-hydrogen) atoms. The Morgan fingerprint density at radius 1 is 1.10 bits per heavy atom. The Bertz CT molecular complexity index is 858. The van der Waals surface area contributed by atoms with Gasteiger partial charge in [-0.2, -0.15) is 0 Å². The predicted octanol–water partition coefficient (Wildman–Crippen LogP) is 3.03. The number of anilines is 1. The number of hydrogen-bond acceptors (Lipinski definition) is 5. The number of rotatable bonds is 8. The van der Waals surface area contributed by atoms with Crippen molar-refractivity contribution >= 4 is 17.7 Å². The SMILES string of the molecule is CN(C)Cc1ccccc1CNC1CCN(c2ccccc2C=CC(=O)NO)CC1. The van der Waals surface area contributed by atoms with Gasteiger partial charge < -0.3 is 15.1 Å². The van der Waals surface area contributed by atoms with Crippen LogP contribution in [0.5, 0.6) is 0 Å². The molecule has 1 aliphatic heterocycles. The number of benzene rings is 2. The van der Waals surface area contributed by atoms with Gasteiger partial charge in [0.2, 0.25) is 0 Å². The standard InChI is InChI=1S/C24H32N4O2/c1-27(2)18-21-9-4-3-8-20(21)17-25-22-13-15-28(16-14-22)23-10-6-5-7-19(23)11-12-24(29)26-30/h3-12,22,25,30H,13-18H2,1-2H3,(H,26,29). The highest BCUT2D eigenvalue weighted by Crippen LogP contribution is 2.25. The summed E-state index contributed by atoms with van der Waals surface area (Å²) >= 11 is 0. The summed E-state index contributed by atoms with van der Waals surface area (Å²) in [5.74, 6) is -0.526. The maximum atomic E-state index is 11.3. The van der Waals surface area contributed by atoms with E-state index in [1.807, 2.05) is 18.2 Å². The summed E-state index contributed by atoms with van der Waals surface area (Å²) in [4.78, 5) is 15.9. The third kappa shape index (κ3) is 6.16. The lowest BCUT2D eigenvalue weighted by molar-refractivity contribution is -0.124. The summed E-state index contributed by atoms with van der Waals surface area (Å²) in [6.07, 6.45) is 5.24. The maximum Gasteiger partial charge on any atom is 0.267 e. The van der Waals surface area contributed by atoms with Crippen molar-refractivity contribution in [3.63, 3.8) is 0 Å². The minimum Gasteiger partial charge on any atom is -0.371 e. The molecule has 0 atom stereocenters. The molecule has 3 N–H and O–H groups in total. The first-order valence-corrected chi connectivity index (χ1v) is 10.5. The van der Waals surface area contributed by atoms with Gasteiger partial charge in [-0.05, 0) is 55.8 Å². The minimum atomic E-state index is -0.526. The van der Waals surface area contributed by atoms with Crippen LogP contribution in [-0.2, 0) is 17.9 Å². The minimum absolute atomic E-state index is 0.497. The lowest BCUT2D eigenvalue weighted by Gasteiger charge is -2.35. The van der Waals surface area contributed by atoms with Gasteiger partial charge in [0.15, 0.2) is 0 Å². The fraction of sp³-hybridized carbons (Fsp3) is 0.375. The highest BCUT2D eigenvalue weighted by atomic mass is 16.5. The maximum absolute atomic E-state index is 11.3. The zero-order valence-corrected chi connectivity index (χ0v) is 17.8. The van der Waals surface area contributed by atoms with Crippen LogP contribution in [0, 0.1) is 0 Å². The molecule has 2 aromatic rings. The topological polar surface area (TPSA) is 67.8 Å². The van der Waals surface area contributed by atoms with Crippen LogP contribution in [0.2, 0.25) is 0 Å². The van der Waals surface area contributed by atoms with E-state index in [1.54, 1.807) is 11.6 Å². The first-order chi connectivity index (χ1) is 14.6. The van der Waals surface area contributed by atoms with Crippen molar-refractivity contribution in [3.8, 4) is 0 Å². The second-order valence-corrected chi connectivity index (χ2v) is 8.02. The highest BCUT2D eigenvalue weighted by Gasteiger charge is 2.20. The second kappa shape index (κ2) is 10.9. The number of piperidine rings is 1. The first-order valence-electron chi connectivity index (χ1n) is 10.5. The van der Waals surface area contributed by atoms with Crippen LogP contribution in [0.3, 0.4) is 0 Å². The van der Waals surface area contributed by atoms with Crippen molar-refractivity contribution in [2.24, 2.45) is 0 Å². The molecule has 1 heterocycles. The average molecular weight is 409 g/mol. The Labute approximate surface area is 179 Å². The van der Waals surface area contributed by atoms with Crippen molar-refractivity contribution in [1.82, 2.24) is 15.7 Å². The Hall–Kier alpha value is -2.67. The quantitative estimate of drug-likeness (QED) is 0.356. The van der Waals surface area contributed by atoms with E-state index in [0.29, 0.717) is 6.04 Å². The number of carbonyl (C=O) groups is 1. The largest absolute Gasteiger partial charge is 0.371 e. The number of para-hydroxylation sites is 1. The summed E-state index contributed by atoms with van der Waals surface area (Å²) in [6, 6.07) is 17.2. The van der Waals surface area contributed by atoms with E-state index in [9.17, 15) is 4.79 Å². The molecule has 0 radical (unpaired) electrons. The number of carbonyl (C=O) groups excluding carboxylic acids is 1. The van der Waals surface area contributed by atoms with E-state index in [0.717, 1.165) is 50.3 Å². The highest BCUT2D eigenvalue weighted by molar-refractivity contribution is 5.91. The van der Waals surface area contributed by atoms with E-state index < -0.39 is 5.91 Å². The van der Waals surface area contributed by atoms with Crippen molar-refractivity contribution < 1.29 is 10.0 Å². The lowest BCUT2D eigenvalue weighted by Crippen LogP contribution is -2.42. The van der Waals surface area contributed by atoms with E-state index in [1.165, 1.54) is 17.2 Å². The van der Waals surface area contributed by atoms with Gasteiger partial charge in [-0.1, -0.05) is 42.5 Å². The number of hydrogen-bond donors (Lipinski definition) is 3. The van der Waals surface area contributed by atoms with Gasteiger partial charge in [-0.3, -0.25) is 10.0 Å². The molecule has 6 nitrogen and oxygen atoms in total. The molecule has 1 amide bonds. The molecule has 3 rings (SSSR count). The Balaban J connectivity index is 1.56. The van der Waals surface area contributed by atoms with Crippen LogP contribution in [-0.4, -0.2) is 49.2 Å². The van der Waals surface area contributed by atoms with Gasteiger partial charge in [0, 0.05) is 44.0 Å². The zero-order chi connectivity index (χ0) is 21.3. The van der Waals surface area contributed by atoms with E-state index >= 15 is 0 Å². The third-order valence-corrected chi connectivity index (χ3v) is 5.48. The van der Waals surface area contributed by atoms with Crippen molar-refractivity contribution in [3.05, 3.63) is 71.3 Å². The van der Waals surface area contributed by atoms with Crippen LogP contribution in [0.25, 0.3) is 6.08 Å². The smallest absolute Gasteiger partial charge is 0.267 e. The monoisotopic (exact) mass is 408 g/mol. The fourth-order valence-corrected chi connectivity index (χ4v) is 3.92. The zero-order valence-electron chi connectivity index (χ0n) is 17.8. The van der Waals surface area contributed by atoms with Crippen LogP contribution in [0.1, 0.15) is 29.5 Å². The second-order valence-electron chi connectivity index (χ2n) is 8.02. The molecule has 0 spiro atoms. The molecule has 6 heteroatoms. The molecule has 0 aliphatic carbocycles. The summed E-state index contributed by atoms with van der Waals surface area (Å²) in [7, 11) is 4.20. The Morgan fingerprint density at radius 2 is 1.77 bits per heavy atom. The van der Waals surface area contributed by atoms with Crippen molar-refractivity contribution in [2.75, 3.05) is 32.1 Å². The summed E-state index contributed by atoms with van der Waals surface area (Å²) in [5, 5.41) is 12.4. The van der Waals surface area contributed by atoms with Crippen LogP contribution < -0.4 is 15.7 Å². The average Bonchev–Trinajstić information content (AvgIpc) is 2.77. The summed E-state index contributed by atoms with van der Waals surface area (Å²) in [6.45, 7) is 3.78. The van der Waals surface area contributed by atoms with Gasteiger partial charge in [0.1, 0.15) is 0 Å². The van der Waals surface area contributed by atoms with Gasteiger partial charge in [-0.15, -0.1) is 0 Å². The normalized spacial score (nSPS) is 15.1. The Morgan fingerprint density at radius 3 is 2.47 bits per heavy atom. The molecule has 2 aromatic carbocycles. The number of nitrogens with one attached hydrogen (secondary N) is 2. The molecule has 0 saturated carbocycles. The van der Waals surface area contributed by atoms with E-state index in [2.05, 4.69) is 59.5 Å². The van der Waals surface area contributed by atoms with Crippen molar-refractivity contribution in [1.29, 1.82) is 0 Å². The van der Waals surface area contributed by atoms with Crippen molar-refractivity contribution in [2.45, 2.75) is 32.0 Å². The molecule has 0 bridgehead atoms. The Kier molecular flexibility index (Phi) is 8.02. The number of hydroxylamine groups is 1. The molecular weight excluding hydrogens is 376 g/mol. The van der Waals surface area contributed by atoms with E-state index in [-0.39, 0.29) is 0 Å². The summed E-state index contributed by atoms with van der Waals surface area (Å²) < 4.78 is 0. The number of nitrogens with zero attached hydrogens (tertiary/aromatic N) is 2. The molecular formula is C24H32N4O2.